The molecule has 0 atom stereocenters. The monoisotopic (exact) mass is 547 g/mol. The fraction of sp³-hybridized carbons (Fsp3) is 0.214. The third kappa shape index (κ3) is 6.75. The zero-order chi connectivity index (χ0) is 28.2. The van der Waals surface area contributed by atoms with Gasteiger partial charge in [0.25, 0.3) is 10.0 Å². The molecule has 4 rings (SSSR count). The van der Waals surface area contributed by atoms with Crippen molar-refractivity contribution in [2.45, 2.75) is 18.2 Å². The van der Waals surface area contributed by atoms with Crippen molar-refractivity contribution in [1.82, 2.24) is 14.9 Å². The lowest BCUT2D eigenvalue weighted by atomic mass is 10.1. The van der Waals surface area contributed by atoms with E-state index < -0.39 is 10.0 Å². The van der Waals surface area contributed by atoms with E-state index in [0.29, 0.717) is 33.6 Å². The number of anilines is 3. The third-order valence-corrected chi connectivity index (χ3v) is 7.10. The highest BCUT2D eigenvalue weighted by Crippen LogP contribution is 2.31. The number of Topliss-reactive ketones (excluding diaryl/α,β-unsaturated/α-hetero) is 2. The molecule has 11 heteroatoms. The Balaban J connectivity index is 1.73. The lowest BCUT2D eigenvalue weighted by Crippen LogP contribution is -2.23. The van der Waals surface area contributed by atoms with Crippen LogP contribution >= 0.6 is 0 Å². The van der Waals surface area contributed by atoms with Crippen molar-refractivity contribution in [3.8, 4) is 5.75 Å². The molecule has 0 saturated heterocycles. The van der Waals surface area contributed by atoms with Gasteiger partial charge >= 0.3 is 0 Å². The molecule has 202 valence electrons. The molecule has 0 aliphatic carbocycles. The van der Waals surface area contributed by atoms with Crippen LogP contribution < -0.4 is 14.8 Å². The van der Waals surface area contributed by atoms with Crippen LogP contribution in [0.15, 0.2) is 71.6 Å². The number of benzene rings is 3. The number of sulfonamides is 1. The number of hydrogen-bond acceptors (Lipinski definition) is 9. The van der Waals surface area contributed by atoms with Crippen LogP contribution in [0.25, 0.3) is 11.0 Å². The highest BCUT2D eigenvalue weighted by atomic mass is 32.2. The molecule has 2 N–H and O–H groups in total. The van der Waals surface area contributed by atoms with Gasteiger partial charge in [0.1, 0.15) is 5.75 Å². The van der Waals surface area contributed by atoms with Crippen molar-refractivity contribution < 1.29 is 22.7 Å². The maximum atomic E-state index is 13.5. The smallest absolute Gasteiger partial charge is 0.263 e. The fourth-order valence-electron chi connectivity index (χ4n) is 3.99. The van der Waals surface area contributed by atoms with Crippen molar-refractivity contribution in [2.75, 3.05) is 37.8 Å². The topological polar surface area (TPSA) is 131 Å². The second-order valence-corrected chi connectivity index (χ2v) is 10.9. The molecule has 0 aliphatic rings. The number of ether oxygens (including phenoxy) is 1. The first-order valence-electron chi connectivity index (χ1n) is 12.1. The molecule has 3 aromatic carbocycles. The van der Waals surface area contributed by atoms with E-state index in [4.69, 9.17) is 4.74 Å². The summed E-state index contributed by atoms with van der Waals surface area (Å²) in [5.74, 6) is 0.315. The number of nitrogens with zero attached hydrogens (tertiary/aromatic N) is 3. The number of carbonyl (C=O) groups excluding carboxylic acids is 2. The number of fused-ring (bicyclic) bond motifs is 1. The summed E-state index contributed by atoms with van der Waals surface area (Å²) in [6.07, 6.45) is 0.105. The van der Waals surface area contributed by atoms with Gasteiger partial charge in [-0.1, -0.05) is 24.3 Å². The lowest BCUT2D eigenvalue weighted by molar-refractivity contribution is -0.119. The normalized spacial score (nSPS) is 11.4. The molecule has 0 radical (unpaired) electrons. The minimum Gasteiger partial charge on any atom is -0.497 e. The Morgan fingerprint density at radius 1 is 0.923 bits per heavy atom. The number of ketones is 2. The zero-order valence-electron chi connectivity index (χ0n) is 22.1. The largest absolute Gasteiger partial charge is 0.497 e. The standard InChI is InChI=1S/C28H29N5O5S/c1-18(34)23-13-12-21(38-4)16-26(23)31-27-28(30-25-11-6-5-10-24(25)29-27)32-39(36,37)22-9-7-8-19(15-22)14-20(35)17-33(2)3/h5-13,15-16H,14,17H2,1-4H3,(H,29,31)(H,30,32). The number of carbonyl (C=O) groups is 2. The Hall–Kier alpha value is -4.35. The Morgan fingerprint density at radius 3 is 2.26 bits per heavy atom. The minimum absolute atomic E-state index is 0.0237. The SMILES string of the molecule is COc1ccc(C(C)=O)c(Nc2nc3ccccc3nc2NS(=O)(=O)c2cccc(CC(=O)CN(C)C)c2)c1. The Labute approximate surface area is 227 Å². The highest BCUT2D eigenvalue weighted by molar-refractivity contribution is 7.92. The average Bonchev–Trinajstić information content (AvgIpc) is 2.88. The first-order chi connectivity index (χ1) is 18.6. The molecule has 0 fully saturated rings. The summed E-state index contributed by atoms with van der Waals surface area (Å²) in [7, 11) is 0.972. The van der Waals surface area contributed by atoms with Crippen LogP contribution in [0, 0.1) is 0 Å². The Kier molecular flexibility index (Phi) is 8.22. The first-order valence-corrected chi connectivity index (χ1v) is 13.5. The molecule has 4 aromatic rings. The predicted molar refractivity (Wildman–Crippen MR) is 150 cm³/mol. The fourth-order valence-corrected chi connectivity index (χ4v) is 5.07. The predicted octanol–water partition coefficient (Wildman–Crippen LogP) is 4.06. The van der Waals surface area contributed by atoms with E-state index in [9.17, 15) is 18.0 Å². The molecule has 0 unspecified atom stereocenters. The van der Waals surface area contributed by atoms with Crippen molar-refractivity contribution in [3.63, 3.8) is 0 Å². The molecule has 39 heavy (non-hydrogen) atoms. The quantitative estimate of drug-likeness (QED) is 0.267. The third-order valence-electron chi connectivity index (χ3n) is 5.76. The van der Waals surface area contributed by atoms with Crippen LogP contribution in [-0.2, 0) is 21.2 Å². The molecule has 0 bridgehead atoms. The van der Waals surface area contributed by atoms with Gasteiger partial charge in [-0.25, -0.2) is 18.4 Å². The van der Waals surface area contributed by atoms with Crippen LogP contribution in [0.2, 0.25) is 0 Å². The van der Waals surface area contributed by atoms with Gasteiger partial charge in [-0.05, 0) is 63.0 Å². The number of methoxy groups -OCH3 is 1. The first kappa shape index (κ1) is 27.7. The van der Waals surface area contributed by atoms with Gasteiger partial charge in [0.2, 0.25) is 0 Å². The van der Waals surface area contributed by atoms with Gasteiger partial charge in [0.15, 0.2) is 23.2 Å². The highest BCUT2D eigenvalue weighted by Gasteiger charge is 2.21. The number of para-hydroxylation sites is 2. The molecule has 10 nitrogen and oxygen atoms in total. The van der Waals surface area contributed by atoms with Crippen molar-refractivity contribution >= 4 is 49.9 Å². The summed E-state index contributed by atoms with van der Waals surface area (Å²) in [6.45, 7) is 1.68. The van der Waals surface area contributed by atoms with Crippen molar-refractivity contribution in [3.05, 3.63) is 77.9 Å². The number of aromatic nitrogens is 2. The maximum Gasteiger partial charge on any atom is 0.263 e. The van der Waals surface area contributed by atoms with Gasteiger partial charge < -0.3 is 15.0 Å². The zero-order valence-corrected chi connectivity index (χ0v) is 22.9. The molecule has 1 heterocycles. The van der Waals surface area contributed by atoms with Crippen LogP contribution in [0.3, 0.4) is 0 Å². The van der Waals surface area contributed by atoms with Gasteiger partial charge in [0, 0.05) is 18.1 Å². The van der Waals surface area contributed by atoms with Crippen molar-refractivity contribution in [1.29, 1.82) is 0 Å². The van der Waals surface area contributed by atoms with Crippen LogP contribution in [0.1, 0.15) is 22.8 Å². The second kappa shape index (κ2) is 11.6. The summed E-state index contributed by atoms with van der Waals surface area (Å²) < 4.78 is 34.8. The van der Waals surface area contributed by atoms with E-state index in [1.807, 2.05) is 0 Å². The number of nitrogens with one attached hydrogen (secondary N) is 2. The van der Waals surface area contributed by atoms with Crippen molar-refractivity contribution in [2.24, 2.45) is 0 Å². The summed E-state index contributed by atoms with van der Waals surface area (Å²) >= 11 is 0. The van der Waals surface area contributed by atoms with E-state index in [-0.39, 0.29) is 41.1 Å². The molecular weight excluding hydrogens is 518 g/mol. The molecule has 0 amide bonds. The minimum atomic E-state index is -4.12. The lowest BCUT2D eigenvalue weighted by Gasteiger charge is -2.16. The van der Waals surface area contributed by atoms with Crippen LogP contribution in [0.4, 0.5) is 17.3 Å². The summed E-state index contributed by atoms with van der Waals surface area (Å²) in [6, 6.07) is 18.1. The second-order valence-electron chi connectivity index (χ2n) is 9.21. The van der Waals surface area contributed by atoms with Crippen LogP contribution in [-0.4, -0.2) is 62.6 Å². The van der Waals surface area contributed by atoms with E-state index in [0.717, 1.165) is 0 Å². The summed E-state index contributed by atoms with van der Waals surface area (Å²) in [5, 5.41) is 3.07. The Bertz CT molecular complexity index is 1650. The number of likely N-dealkylation sites (N-methyl/N-ethyl adjacent to an activating group) is 1. The van der Waals surface area contributed by atoms with Gasteiger partial charge in [-0.15, -0.1) is 0 Å². The average molecular weight is 548 g/mol. The maximum absolute atomic E-state index is 13.5. The van der Waals surface area contributed by atoms with Crippen LogP contribution in [0.5, 0.6) is 5.75 Å². The van der Waals surface area contributed by atoms with E-state index in [1.54, 1.807) is 73.6 Å². The van der Waals surface area contributed by atoms with E-state index in [2.05, 4.69) is 20.0 Å². The number of hydrogen-bond donors (Lipinski definition) is 2. The summed E-state index contributed by atoms with van der Waals surface area (Å²) in [4.78, 5) is 35.4. The Morgan fingerprint density at radius 2 is 1.62 bits per heavy atom. The van der Waals surface area contributed by atoms with Gasteiger partial charge in [-0.2, -0.15) is 0 Å². The molecule has 0 saturated carbocycles. The molecule has 1 aromatic heterocycles. The van der Waals surface area contributed by atoms with E-state index >= 15 is 0 Å². The van der Waals surface area contributed by atoms with Gasteiger partial charge in [0.05, 0.1) is 35.3 Å². The number of rotatable bonds is 11. The molecule has 0 aliphatic heterocycles. The molecular formula is C28H29N5O5S. The van der Waals surface area contributed by atoms with E-state index in [1.165, 1.54) is 26.2 Å². The summed E-state index contributed by atoms with van der Waals surface area (Å²) in [5.41, 5.74) is 2.33. The van der Waals surface area contributed by atoms with Gasteiger partial charge in [-0.3, -0.25) is 14.3 Å². The molecule has 0 spiro atoms.